The molecule has 0 aliphatic heterocycles. The van der Waals surface area contributed by atoms with Crippen LogP contribution in [-0.2, 0) is 5.54 Å². The van der Waals surface area contributed by atoms with Gasteiger partial charge in [0, 0.05) is 6.04 Å². The largest absolute Gasteiger partial charge is 0.341 e. The number of nitrogens with one attached hydrogen (secondary N) is 1. The molecule has 0 aliphatic carbocycles. The van der Waals surface area contributed by atoms with Crippen molar-refractivity contribution < 1.29 is 4.79 Å². The molecule has 7 nitrogen and oxygen atoms in total. The van der Waals surface area contributed by atoms with Gasteiger partial charge in [0.1, 0.15) is 5.69 Å². The Kier molecular flexibility index (Phi) is 4.02. The summed E-state index contributed by atoms with van der Waals surface area (Å²) in [6.07, 6.45) is 3.35. The van der Waals surface area contributed by atoms with E-state index in [1.165, 1.54) is 6.20 Å². The van der Waals surface area contributed by atoms with Crippen LogP contribution in [0.5, 0.6) is 0 Å². The molecule has 2 rings (SSSR count). The number of hydrogen-bond acceptors (Lipinski definition) is 5. The van der Waals surface area contributed by atoms with Crippen molar-refractivity contribution in [1.82, 2.24) is 30.5 Å². The number of carbonyl (C=O) groups is 1. The van der Waals surface area contributed by atoms with Gasteiger partial charge in [-0.1, -0.05) is 5.21 Å². The first-order chi connectivity index (χ1) is 9.81. The van der Waals surface area contributed by atoms with E-state index in [0.29, 0.717) is 17.0 Å². The summed E-state index contributed by atoms with van der Waals surface area (Å²) >= 11 is 0. The van der Waals surface area contributed by atoms with E-state index in [1.54, 1.807) is 17.7 Å². The van der Waals surface area contributed by atoms with Crippen LogP contribution in [0.1, 0.15) is 55.5 Å². The first-order valence-corrected chi connectivity index (χ1v) is 6.84. The Hall–Kier alpha value is -2.31. The van der Waals surface area contributed by atoms with Gasteiger partial charge in [0.05, 0.1) is 29.2 Å². The van der Waals surface area contributed by atoms with Crippen molar-refractivity contribution in [3.63, 3.8) is 0 Å². The van der Waals surface area contributed by atoms with Crippen LogP contribution in [0.3, 0.4) is 0 Å². The van der Waals surface area contributed by atoms with E-state index in [9.17, 15) is 4.79 Å². The Morgan fingerprint density at radius 3 is 2.62 bits per heavy atom. The second-order valence-corrected chi connectivity index (χ2v) is 5.79. The molecule has 2 aromatic rings. The maximum atomic E-state index is 12.4. The topological polar surface area (TPSA) is 85.6 Å². The van der Waals surface area contributed by atoms with Gasteiger partial charge in [0.2, 0.25) is 0 Å². The molecule has 1 amide bonds. The third kappa shape index (κ3) is 3.24. The molecule has 2 heterocycles. The molecule has 1 N–H and O–H groups in total. The average Bonchev–Trinajstić information content (AvgIpc) is 2.89. The Labute approximate surface area is 123 Å². The lowest BCUT2D eigenvalue weighted by Crippen LogP contribution is -2.41. The van der Waals surface area contributed by atoms with E-state index in [0.717, 1.165) is 0 Å². The molecular weight excluding hydrogens is 268 g/mol. The van der Waals surface area contributed by atoms with Crippen molar-refractivity contribution in [2.24, 2.45) is 0 Å². The molecule has 0 atom stereocenters. The van der Waals surface area contributed by atoms with Gasteiger partial charge in [-0.3, -0.25) is 4.79 Å². The van der Waals surface area contributed by atoms with Crippen LogP contribution in [0, 0.1) is 6.92 Å². The van der Waals surface area contributed by atoms with Crippen molar-refractivity contribution >= 4 is 5.91 Å². The summed E-state index contributed by atoms with van der Waals surface area (Å²) in [5.74, 6) is -0.202. The predicted octanol–water partition coefficient (Wildman–Crippen LogP) is 1.62. The van der Waals surface area contributed by atoms with Crippen LogP contribution in [0.4, 0.5) is 0 Å². The molecule has 0 saturated carbocycles. The molecule has 0 radical (unpaired) electrons. The monoisotopic (exact) mass is 288 g/mol. The van der Waals surface area contributed by atoms with Crippen LogP contribution in [0.2, 0.25) is 0 Å². The fourth-order valence-electron chi connectivity index (χ4n) is 1.87. The second kappa shape index (κ2) is 5.59. The quantitative estimate of drug-likeness (QED) is 0.924. The Bertz CT molecular complexity index is 646. The molecule has 0 fully saturated rings. The minimum absolute atomic E-state index is 0.202. The zero-order chi connectivity index (χ0) is 15.6. The first-order valence-electron chi connectivity index (χ1n) is 6.84. The number of aryl methyl sites for hydroxylation is 1. The normalized spacial score (nSPS) is 11.7. The minimum Gasteiger partial charge on any atom is -0.341 e. The maximum Gasteiger partial charge on any atom is 0.253 e. The number of rotatable bonds is 4. The van der Waals surface area contributed by atoms with Gasteiger partial charge in [-0.25, -0.2) is 4.68 Å². The van der Waals surface area contributed by atoms with Gasteiger partial charge in [-0.2, -0.15) is 10.2 Å². The first kappa shape index (κ1) is 15.1. The summed E-state index contributed by atoms with van der Waals surface area (Å²) in [6, 6.07) is 1.88. The molecule has 21 heavy (non-hydrogen) atoms. The molecule has 2 aromatic heterocycles. The highest BCUT2D eigenvalue weighted by atomic mass is 16.1. The van der Waals surface area contributed by atoms with Crippen molar-refractivity contribution in [3.8, 4) is 0 Å². The molecule has 0 aromatic carbocycles. The zero-order valence-corrected chi connectivity index (χ0v) is 13.0. The van der Waals surface area contributed by atoms with Crippen molar-refractivity contribution in [2.45, 2.75) is 46.2 Å². The van der Waals surface area contributed by atoms with Crippen LogP contribution >= 0.6 is 0 Å². The highest BCUT2D eigenvalue weighted by Crippen LogP contribution is 2.19. The van der Waals surface area contributed by atoms with E-state index in [2.05, 4.69) is 25.8 Å². The predicted molar refractivity (Wildman–Crippen MR) is 77.7 cm³/mol. The van der Waals surface area contributed by atoms with Gasteiger partial charge in [-0.05, 0) is 40.7 Å². The smallest absolute Gasteiger partial charge is 0.253 e. The SMILES string of the molecule is Cc1nnccc1C(=O)NC(C)(C)c1cn(C(C)C)nn1. The third-order valence-corrected chi connectivity index (χ3v) is 3.26. The van der Waals surface area contributed by atoms with Crippen molar-refractivity contribution in [2.75, 3.05) is 0 Å². The molecule has 112 valence electrons. The second-order valence-electron chi connectivity index (χ2n) is 5.79. The van der Waals surface area contributed by atoms with Gasteiger partial charge in [0.15, 0.2) is 0 Å². The lowest BCUT2D eigenvalue weighted by molar-refractivity contribution is 0.0909. The van der Waals surface area contributed by atoms with Crippen LogP contribution in [0.15, 0.2) is 18.5 Å². The van der Waals surface area contributed by atoms with Gasteiger partial charge in [0.25, 0.3) is 5.91 Å². The molecular formula is C14H20N6O. The molecule has 7 heteroatoms. The van der Waals surface area contributed by atoms with Gasteiger partial charge >= 0.3 is 0 Å². The molecule has 0 bridgehead atoms. The number of hydrogen-bond donors (Lipinski definition) is 1. The lowest BCUT2D eigenvalue weighted by Gasteiger charge is -2.24. The van der Waals surface area contributed by atoms with E-state index >= 15 is 0 Å². The number of nitrogens with zero attached hydrogens (tertiary/aromatic N) is 5. The standard InChI is InChI=1S/C14H20N6O/c1-9(2)20-8-12(18-19-20)14(4,5)16-13(21)11-6-7-15-17-10(11)3/h6-9H,1-5H3,(H,16,21). The van der Waals surface area contributed by atoms with Crippen LogP contribution in [0.25, 0.3) is 0 Å². The summed E-state index contributed by atoms with van der Waals surface area (Å²) in [5, 5.41) is 18.8. The van der Waals surface area contributed by atoms with Crippen molar-refractivity contribution in [3.05, 3.63) is 35.4 Å². The molecule has 0 unspecified atom stereocenters. The number of amides is 1. The van der Waals surface area contributed by atoms with Crippen LogP contribution in [-0.4, -0.2) is 31.1 Å². The molecule has 0 saturated heterocycles. The Balaban J connectivity index is 2.20. The number of aromatic nitrogens is 5. The summed E-state index contributed by atoms with van der Waals surface area (Å²) in [4.78, 5) is 12.4. The zero-order valence-electron chi connectivity index (χ0n) is 13.0. The minimum atomic E-state index is -0.625. The van der Waals surface area contributed by atoms with E-state index in [4.69, 9.17) is 0 Å². The lowest BCUT2D eigenvalue weighted by atomic mass is 10.0. The van der Waals surface area contributed by atoms with Crippen LogP contribution < -0.4 is 5.32 Å². The summed E-state index contributed by atoms with van der Waals surface area (Å²) in [5.41, 5.74) is 1.19. The van der Waals surface area contributed by atoms with Gasteiger partial charge in [-0.15, -0.1) is 5.10 Å². The van der Waals surface area contributed by atoms with Crippen molar-refractivity contribution in [1.29, 1.82) is 0 Å². The van der Waals surface area contributed by atoms with E-state index in [1.807, 2.05) is 33.9 Å². The average molecular weight is 288 g/mol. The van der Waals surface area contributed by atoms with E-state index in [-0.39, 0.29) is 11.9 Å². The maximum absolute atomic E-state index is 12.4. The highest BCUT2D eigenvalue weighted by Gasteiger charge is 2.27. The fourth-order valence-corrected chi connectivity index (χ4v) is 1.87. The summed E-state index contributed by atoms with van der Waals surface area (Å²) in [7, 11) is 0. The van der Waals surface area contributed by atoms with E-state index < -0.39 is 5.54 Å². The molecule has 0 spiro atoms. The number of carbonyl (C=O) groups excluding carboxylic acids is 1. The summed E-state index contributed by atoms with van der Waals surface area (Å²) < 4.78 is 1.77. The third-order valence-electron chi connectivity index (χ3n) is 3.26. The Morgan fingerprint density at radius 1 is 1.33 bits per heavy atom. The fraction of sp³-hybridized carbons (Fsp3) is 0.500. The highest BCUT2D eigenvalue weighted by molar-refractivity contribution is 5.95. The molecule has 0 aliphatic rings. The van der Waals surface area contributed by atoms with Gasteiger partial charge < -0.3 is 5.32 Å². The Morgan fingerprint density at radius 2 is 2.05 bits per heavy atom. The summed E-state index contributed by atoms with van der Waals surface area (Å²) in [6.45, 7) is 9.59.